The number of carboxylic acid groups (broad SMARTS) is 1. The van der Waals surface area contributed by atoms with E-state index in [0.29, 0.717) is 16.7 Å². The molecule has 0 heterocycles. The lowest BCUT2D eigenvalue weighted by Gasteiger charge is -2.10. The third-order valence-corrected chi connectivity index (χ3v) is 3.72. The highest BCUT2D eigenvalue weighted by molar-refractivity contribution is 9.10. The number of carboxylic acids is 1. The fourth-order valence-corrected chi connectivity index (χ4v) is 2.33. The Morgan fingerprint density at radius 2 is 1.65 bits per heavy atom. The number of ether oxygens (including phenoxy) is 1. The van der Waals surface area contributed by atoms with Crippen LogP contribution in [0.15, 0.2) is 46.9 Å². The standard InChI is InChI=1S/C18H17BrO4/c1-11(2)23-10-12-7-14(9-15(8-12)18(21)22)17(20)13-3-5-16(19)6-4-13/h3-9,11H,10H2,1-2H3,(H,21,22). The fourth-order valence-electron chi connectivity index (χ4n) is 2.06. The fraction of sp³-hybridized carbons (Fsp3) is 0.222. The predicted molar refractivity (Wildman–Crippen MR) is 90.9 cm³/mol. The minimum absolute atomic E-state index is 0.0223. The third-order valence-electron chi connectivity index (χ3n) is 3.19. The van der Waals surface area contributed by atoms with Gasteiger partial charge in [0, 0.05) is 15.6 Å². The van der Waals surface area contributed by atoms with Crippen LogP contribution in [0, 0.1) is 0 Å². The highest BCUT2D eigenvalue weighted by Crippen LogP contribution is 2.18. The van der Waals surface area contributed by atoms with Gasteiger partial charge in [0.15, 0.2) is 5.78 Å². The molecule has 0 saturated carbocycles. The summed E-state index contributed by atoms with van der Waals surface area (Å²) in [7, 11) is 0. The van der Waals surface area contributed by atoms with Gasteiger partial charge < -0.3 is 9.84 Å². The summed E-state index contributed by atoms with van der Waals surface area (Å²) in [5.41, 5.74) is 1.59. The molecule has 0 amide bonds. The van der Waals surface area contributed by atoms with Gasteiger partial charge >= 0.3 is 5.97 Å². The Morgan fingerprint density at radius 1 is 1.04 bits per heavy atom. The van der Waals surface area contributed by atoms with E-state index >= 15 is 0 Å². The number of carbonyl (C=O) groups excluding carboxylic acids is 1. The van der Waals surface area contributed by atoms with Gasteiger partial charge in [-0.25, -0.2) is 4.79 Å². The van der Waals surface area contributed by atoms with E-state index in [4.69, 9.17) is 4.74 Å². The second-order valence-corrected chi connectivity index (χ2v) is 6.34. The summed E-state index contributed by atoms with van der Waals surface area (Å²) in [6, 6.07) is 11.6. The highest BCUT2D eigenvalue weighted by Gasteiger charge is 2.14. The van der Waals surface area contributed by atoms with Crippen LogP contribution >= 0.6 is 15.9 Å². The molecule has 0 fully saturated rings. The number of hydrogen-bond donors (Lipinski definition) is 1. The molecule has 2 aromatic rings. The number of halogens is 1. The van der Waals surface area contributed by atoms with Gasteiger partial charge in [-0.1, -0.05) is 15.9 Å². The molecule has 0 aliphatic carbocycles. The highest BCUT2D eigenvalue weighted by atomic mass is 79.9. The lowest BCUT2D eigenvalue weighted by atomic mass is 9.99. The van der Waals surface area contributed by atoms with Crippen molar-refractivity contribution in [3.8, 4) is 0 Å². The van der Waals surface area contributed by atoms with Crippen molar-refractivity contribution in [3.05, 3.63) is 69.2 Å². The normalized spacial score (nSPS) is 10.8. The van der Waals surface area contributed by atoms with Gasteiger partial charge in [-0.15, -0.1) is 0 Å². The predicted octanol–water partition coefficient (Wildman–Crippen LogP) is 4.30. The molecule has 5 heteroatoms. The third kappa shape index (κ3) is 4.74. The molecule has 120 valence electrons. The van der Waals surface area contributed by atoms with E-state index in [2.05, 4.69) is 15.9 Å². The van der Waals surface area contributed by atoms with Gasteiger partial charge in [-0.3, -0.25) is 4.79 Å². The van der Waals surface area contributed by atoms with E-state index in [1.807, 2.05) is 13.8 Å². The van der Waals surface area contributed by atoms with E-state index in [-0.39, 0.29) is 24.1 Å². The van der Waals surface area contributed by atoms with E-state index in [1.165, 1.54) is 12.1 Å². The number of benzene rings is 2. The summed E-state index contributed by atoms with van der Waals surface area (Å²) >= 11 is 3.32. The number of hydrogen-bond acceptors (Lipinski definition) is 3. The molecule has 2 rings (SSSR count). The number of aromatic carboxylic acids is 1. The van der Waals surface area contributed by atoms with E-state index in [0.717, 1.165) is 4.47 Å². The van der Waals surface area contributed by atoms with Crippen LogP contribution in [0.3, 0.4) is 0 Å². The lowest BCUT2D eigenvalue weighted by molar-refractivity contribution is 0.0652. The molecule has 0 bridgehead atoms. The van der Waals surface area contributed by atoms with Gasteiger partial charge in [0.2, 0.25) is 0 Å². The van der Waals surface area contributed by atoms with E-state index in [1.54, 1.807) is 30.3 Å². The van der Waals surface area contributed by atoms with Crippen LogP contribution in [0.2, 0.25) is 0 Å². The first-order valence-electron chi connectivity index (χ1n) is 7.16. The van der Waals surface area contributed by atoms with Gasteiger partial charge in [0.05, 0.1) is 18.3 Å². The maximum atomic E-state index is 12.6. The molecule has 23 heavy (non-hydrogen) atoms. The van der Waals surface area contributed by atoms with Crippen molar-refractivity contribution < 1.29 is 19.4 Å². The summed E-state index contributed by atoms with van der Waals surface area (Å²) in [6.45, 7) is 4.06. The smallest absolute Gasteiger partial charge is 0.335 e. The molecular weight excluding hydrogens is 360 g/mol. The second-order valence-electron chi connectivity index (χ2n) is 5.42. The Hall–Kier alpha value is -1.98. The number of ketones is 1. The molecule has 0 aliphatic heterocycles. The Bertz CT molecular complexity index is 720. The summed E-state index contributed by atoms with van der Waals surface area (Å²) in [4.78, 5) is 23.9. The van der Waals surface area contributed by atoms with Crippen LogP contribution in [0.5, 0.6) is 0 Å². The van der Waals surface area contributed by atoms with Crippen LogP contribution in [0.4, 0.5) is 0 Å². The van der Waals surface area contributed by atoms with Crippen molar-refractivity contribution in [2.24, 2.45) is 0 Å². The maximum Gasteiger partial charge on any atom is 0.335 e. The Morgan fingerprint density at radius 3 is 2.22 bits per heavy atom. The van der Waals surface area contributed by atoms with Crippen LogP contribution in [0.25, 0.3) is 0 Å². The van der Waals surface area contributed by atoms with Crippen molar-refractivity contribution in [2.45, 2.75) is 26.6 Å². The monoisotopic (exact) mass is 376 g/mol. The zero-order valence-electron chi connectivity index (χ0n) is 12.9. The molecule has 1 N–H and O–H groups in total. The van der Waals surface area contributed by atoms with Crippen LogP contribution < -0.4 is 0 Å². The summed E-state index contributed by atoms with van der Waals surface area (Å²) in [5, 5.41) is 9.24. The SMILES string of the molecule is CC(C)OCc1cc(C(=O)O)cc(C(=O)c2ccc(Br)cc2)c1. The molecule has 0 unspecified atom stereocenters. The molecule has 0 spiro atoms. The molecule has 4 nitrogen and oxygen atoms in total. The van der Waals surface area contributed by atoms with Crippen LogP contribution in [-0.4, -0.2) is 23.0 Å². The maximum absolute atomic E-state index is 12.6. The van der Waals surface area contributed by atoms with Crippen molar-refractivity contribution in [3.63, 3.8) is 0 Å². The van der Waals surface area contributed by atoms with Crippen molar-refractivity contribution in [1.82, 2.24) is 0 Å². The Kier molecular flexibility index (Phi) is 5.69. The quantitative estimate of drug-likeness (QED) is 0.763. The lowest BCUT2D eigenvalue weighted by Crippen LogP contribution is -2.08. The molecular formula is C18H17BrO4. The number of rotatable bonds is 6. The molecule has 0 aliphatic rings. The Balaban J connectivity index is 2.37. The average Bonchev–Trinajstić information content (AvgIpc) is 2.52. The Labute approximate surface area is 143 Å². The van der Waals surface area contributed by atoms with Crippen LogP contribution in [0.1, 0.15) is 45.7 Å². The van der Waals surface area contributed by atoms with E-state index in [9.17, 15) is 14.7 Å². The number of carbonyl (C=O) groups is 2. The minimum Gasteiger partial charge on any atom is -0.478 e. The van der Waals surface area contributed by atoms with Gasteiger partial charge in [-0.05, 0) is 61.9 Å². The summed E-state index contributed by atoms with van der Waals surface area (Å²) in [5.74, 6) is -1.28. The van der Waals surface area contributed by atoms with Gasteiger partial charge in [0.1, 0.15) is 0 Å². The van der Waals surface area contributed by atoms with Crippen LogP contribution in [-0.2, 0) is 11.3 Å². The van der Waals surface area contributed by atoms with E-state index < -0.39 is 5.97 Å². The molecule has 0 atom stereocenters. The van der Waals surface area contributed by atoms with Crippen molar-refractivity contribution >= 4 is 27.7 Å². The summed E-state index contributed by atoms with van der Waals surface area (Å²) < 4.78 is 6.38. The largest absolute Gasteiger partial charge is 0.478 e. The second kappa shape index (κ2) is 7.53. The van der Waals surface area contributed by atoms with Crippen molar-refractivity contribution in [1.29, 1.82) is 0 Å². The van der Waals surface area contributed by atoms with Gasteiger partial charge in [-0.2, -0.15) is 0 Å². The molecule has 0 aromatic heterocycles. The van der Waals surface area contributed by atoms with Crippen molar-refractivity contribution in [2.75, 3.05) is 0 Å². The first kappa shape index (κ1) is 17.4. The first-order chi connectivity index (χ1) is 10.9. The topological polar surface area (TPSA) is 63.6 Å². The van der Waals surface area contributed by atoms with Gasteiger partial charge in [0.25, 0.3) is 0 Å². The zero-order chi connectivity index (χ0) is 17.0. The summed E-state index contributed by atoms with van der Waals surface area (Å²) in [6.07, 6.45) is 0.0223. The molecule has 0 radical (unpaired) electrons. The molecule has 2 aromatic carbocycles. The first-order valence-corrected chi connectivity index (χ1v) is 7.95. The zero-order valence-corrected chi connectivity index (χ0v) is 14.5. The minimum atomic E-state index is -1.07. The molecule has 0 saturated heterocycles. The average molecular weight is 377 g/mol.